The SMILES string of the molecule is COC=C(C(=O)O)c1ccc(Cl)cc1Cl. The number of carboxylic acids is 1. The lowest BCUT2D eigenvalue weighted by molar-refractivity contribution is -0.130. The predicted molar refractivity (Wildman–Crippen MR) is 59.1 cm³/mol. The fraction of sp³-hybridized carbons (Fsp3) is 0.100. The highest BCUT2D eigenvalue weighted by molar-refractivity contribution is 6.37. The van der Waals surface area contributed by atoms with Crippen molar-refractivity contribution in [3.8, 4) is 0 Å². The number of ether oxygens (including phenoxy) is 1. The van der Waals surface area contributed by atoms with Gasteiger partial charge in [-0.1, -0.05) is 29.3 Å². The summed E-state index contributed by atoms with van der Waals surface area (Å²) in [5, 5.41) is 9.63. The van der Waals surface area contributed by atoms with Crippen molar-refractivity contribution in [3.05, 3.63) is 40.1 Å². The molecule has 0 amide bonds. The number of carbonyl (C=O) groups is 1. The number of aliphatic carboxylic acids is 1. The molecule has 1 aromatic carbocycles. The topological polar surface area (TPSA) is 46.5 Å². The molecule has 5 heteroatoms. The van der Waals surface area contributed by atoms with Crippen LogP contribution in [0.25, 0.3) is 5.57 Å². The monoisotopic (exact) mass is 246 g/mol. The average molecular weight is 247 g/mol. The molecule has 15 heavy (non-hydrogen) atoms. The summed E-state index contributed by atoms with van der Waals surface area (Å²) in [7, 11) is 1.37. The van der Waals surface area contributed by atoms with Crippen LogP contribution < -0.4 is 0 Å². The quantitative estimate of drug-likeness (QED) is 0.659. The zero-order valence-corrected chi connectivity index (χ0v) is 9.34. The van der Waals surface area contributed by atoms with Gasteiger partial charge in [0.1, 0.15) is 5.57 Å². The first-order chi connectivity index (χ1) is 7.06. The molecule has 0 aliphatic heterocycles. The van der Waals surface area contributed by atoms with Gasteiger partial charge in [-0.15, -0.1) is 0 Å². The molecule has 0 saturated heterocycles. The summed E-state index contributed by atoms with van der Waals surface area (Å²) in [6.45, 7) is 0. The molecule has 0 radical (unpaired) electrons. The third kappa shape index (κ3) is 2.88. The lowest BCUT2D eigenvalue weighted by Crippen LogP contribution is -2.00. The number of benzene rings is 1. The van der Waals surface area contributed by atoms with E-state index in [0.29, 0.717) is 10.6 Å². The fourth-order valence-electron chi connectivity index (χ4n) is 1.05. The third-order valence-corrected chi connectivity index (χ3v) is 2.24. The number of rotatable bonds is 3. The molecular weight excluding hydrogens is 239 g/mol. The Morgan fingerprint density at radius 2 is 2.13 bits per heavy atom. The number of hydrogen-bond acceptors (Lipinski definition) is 2. The standard InChI is InChI=1S/C10H8Cl2O3/c1-15-5-8(10(13)14)7-3-2-6(11)4-9(7)12/h2-5H,1H3,(H,13,14). The van der Waals surface area contributed by atoms with Crippen LogP contribution in [0.4, 0.5) is 0 Å². The molecule has 0 aliphatic carbocycles. The molecule has 0 fully saturated rings. The Hall–Kier alpha value is -1.19. The Labute approximate surface area is 96.9 Å². The Kier molecular flexibility index (Phi) is 4.00. The third-order valence-electron chi connectivity index (χ3n) is 1.69. The van der Waals surface area contributed by atoms with Gasteiger partial charge in [0.05, 0.1) is 18.4 Å². The van der Waals surface area contributed by atoms with Crippen molar-refractivity contribution in [2.75, 3.05) is 7.11 Å². The van der Waals surface area contributed by atoms with Gasteiger partial charge in [0.25, 0.3) is 0 Å². The van der Waals surface area contributed by atoms with Crippen LogP contribution >= 0.6 is 23.2 Å². The number of halogens is 2. The normalized spacial score (nSPS) is 11.3. The van der Waals surface area contributed by atoms with Crippen LogP contribution in [0, 0.1) is 0 Å². The molecule has 80 valence electrons. The van der Waals surface area contributed by atoms with Gasteiger partial charge < -0.3 is 9.84 Å². The van der Waals surface area contributed by atoms with E-state index in [9.17, 15) is 4.79 Å². The zero-order chi connectivity index (χ0) is 11.4. The van der Waals surface area contributed by atoms with Crippen molar-refractivity contribution in [2.45, 2.75) is 0 Å². The summed E-state index contributed by atoms with van der Waals surface area (Å²) in [5.41, 5.74) is 0.356. The molecule has 0 spiro atoms. The van der Waals surface area contributed by atoms with Crippen LogP contribution in [-0.2, 0) is 9.53 Å². The van der Waals surface area contributed by atoms with E-state index in [2.05, 4.69) is 4.74 Å². The van der Waals surface area contributed by atoms with Crippen molar-refractivity contribution in [3.63, 3.8) is 0 Å². The summed E-state index contributed by atoms with van der Waals surface area (Å²) in [6, 6.07) is 4.57. The maximum atomic E-state index is 10.9. The van der Waals surface area contributed by atoms with E-state index in [4.69, 9.17) is 28.3 Å². The fourth-order valence-corrected chi connectivity index (χ4v) is 1.57. The molecule has 0 saturated carbocycles. The average Bonchev–Trinajstić information content (AvgIpc) is 2.15. The van der Waals surface area contributed by atoms with Gasteiger partial charge in [-0.05, 0) is 12.1 Å². The van der Waals surface area contributed by atoms with E-state index < -0.39 is 5.97 Å². The molecule has 1 rings (SSSR count). The lowest BCUT2D eigenvalue weighted by Gasteiger charge is -2.05. The van der Waals surface area contributed by atoms with Crippen molar-refractivity contribution in [1.82, 2.24) is 0 Å². The molecular formula is C10H8Cl2O3. The van der Waals surface area contributed by atoms with Crippen LogP contribution in [0.3, 0.4) is 0 Å². The predicted octanol–water partition coefficient (Wildman–Crippen LogP) is 3.07. The Morgan fingerprint density at radius 3 is 2.60 bits per heavy atom. The maximum Gasteiger partial charge on any atom is 0.339 e. The Morgan fingerprint density at radius 1 is 1.47 bits per heavy atom. The molecule has 3 nitrogen and oxygen atoms in total. The minimum atomic E-state index is -1.11. The summed E-state index contributed by atoms with van der Waals surface area (Å²) in [5.74, 6) is -1.11. The molecule has 0 bridgehead atoms. The van der Waals surface area contributed by atoms with Crippen molar-refractivity contribution in [2.24, 2.45) is 0 Å². The zero-order valence-electron chi connectivity index (χ0n) is 7.83. The molecule has 1 N–H and O–H groups in total. The summed E-state index contributed by atoms with van der Waals surface area (Å²) >= 11 is 11.6. The van der Waals surface area contributed by atoms with Gasteiger partial charge in [0, 0.05) is 10.6 Å². The second-order valence-electron chi connectivity index (χ2n) is 2.70. The second-order valence-corrected chi connectivity index (χ2v) is 3.54. The first-order valence-corrected chi connectivity index (χ1v) is 4.73. The largest absolute Gasteiger partial charge is 0.503 e. The van der Waals surface area contributed by atoms with Gasteiger partial charge in [-0.3, -0.25) is 0 Å². The van der Waals surface area contributed by atoms with E-state index in [1.54, 1.807) is 6.07 Å². The first kappa shape index (κ1) is 11.9. The van der Waals surface area contributed by atoms with Crippen molar-refractivity contribution in [1.29, 1.82) is 0 Å². The van der Waals surface area contributed by atoms with Crippen molar-refractivity contribution < 1.29 is 14.6 Å². The highest BCUT2D eigenvalue weighted by Gasteiger charge is 2.14. The first-order valence-electron chi connectivity index (χ1n) is 3.98. The van der Waals surface area contributed by atoms with E-state index in [1.165, 1.54) is 19.2 Å². The van der Waals surface area contributed by atoms with E-state index >= 15 is 0 Å². The Bertz CT molecular complexity index is 413. The molecule has 0 unspecified atom stereocenters. The maximum absolute atomic E-state index is 10.9. The highest BCUT2D eigenvalue weighted by Crippen LogP contribution is 2.27. The smallest absolute Gasteiger partial charge is 0.339 e. The molecule has 0 aromatic heterocycles. The number of carboxylic acid groups (broad SMARTS) is 1. The van der Waals surface area contributed by atoms with Crippen molar-refractivity contribution >= 4 is 34.7 Å². The number of hydrogen-bond donors (Lipinski definition) is 1. The van der Waals surface area contributed by atoms with Gasteiger partial charge in [-0.25, -0.2) is 4.79 Å². The summed E-state index contributed by atoms with van der Waals surface area (Å²) in [6.07, 6.45) is 1.12. The lowest BCUT2D eigenvalue weighted by atomic mass is 10.1. The van der Waals surface area contributed by atoms with Crippen LogP contribution in [-0.4, -0.2) is 18.2 Å². The van der Waals surface area contributed by atoms with Crippen LogP contribution in [0.2, 0.25) is 10.0 Å². The molecule has 0 heterocycles. The molecule has 1 aromatic rings. The van der Waals surface area contributed by atoms with Crippen LogP contribution in [0.5, 0.6) is 0 Å². The summed E-state index contributed by atoms with van der Waals surface area (Å²) in [4.78, 5) is 10.9. The van der Waals surface area contributed by atoms with Crippen LogP contribution in [0.1, 0.15) is 5.56 Å². The molecule has 0 aliphatic rings. The van der Waals surface area contributed by atoms with Crippen LogP contribution in [0.15, 0.2) is 24.5 Å². The van der Waals surface area contributed by atoms with Gasteiger partial charge in [0.15, 0.2) is 0 Å². The van der Waals surface area contributed by atoms with E-state index in [-0.39, 0.29) is 10.6 Å². The molecule has 0 atom stereocenters. The Balaban J connectivity index is 3.24. The van der Waals surface area contributed by atoms with Gasteiger partial charge in [-0.2, -0.15) is 0 Å². The van der Waals surface area contributed by atoms with E-state index in [1.807, 2.05) is 0 Å². The minimum absolute atomic E-state index is 0.0147. The van der Waals surface area contributed by atoms with Gasteiger partial charge in [0.2, 0.25) is 0 Å². The minimum Gasteiger partial charge on any atom is -0.503 e. The second kappa shape index (κ2) is 5.05. The highest BCUT2D eigenvalue weighted by atomic mass is 35.5. The van der Waals surface area contributed by atoms with Gasteiger partial charge >= 0.3 is 5.97 Å². The van der Waals surface area contributed by atoms with E-state index in [0.717, 1.165) is 6.26 Å². The summed E-state index contributed by atoms with van der Waals surface area (Å²) < 4.78 is 4.67. The number of methoxy groups -OCH3 is 1.